The number of benzene rings is 2. The monoisotopic (exact) mass is 652 g/mol. The maximum atomic E-state index is 12.5. The third kappa shape index (κ3) is 11.7. The van der Waals surface area contributed by atoms with Crippen molar-refractivity contribution in [3.05, 3.63) is 59.7 Å². The molecule has 13 heteroatoms. The first kappa shape index (κ1) is 36.5. The molecule has 0 radical (unpaired) electrons. The van der Waals surface area contributed by atoms with Crippen molar-refractivity contribution in [3.63, 3.8) is 0 Å². The number of nitrogens with one attached hydrogen (secondary N) is 4. The molecule has 2 aromatic rings. The van der Waals surface area contributed by atoms with Gasteiger partial charge in [-0.15, -0.1) is 0 Å². The van der Waals surface area contributed by atoms with Crippen LogP contribution < -0.4 is 21.3 Å². The lowest BCUT2D eigenvalue weighted by molar-refractivity contribution is -0.160. The molecule has 0 aromatic heterocycles. The molecule has 0 heterocycles. The summed E-state index contributed by atoms with van der Waals surface area (Å²) in [5, 5.41) is 9.21. The lowest BCUT2D eigenvalue weighted by Crippen LogP contribution is -2.51. The zero-order chi connectivity index (χ0) is 34.3. The molecule has 0 saturated heterocycles. The average Bonchev–Trinajstić information content (AvgIpc) is 3.36. The van der Waals surface area contributed by atoms with E-state index in [0.29, 0.717) is 12.8 Å². The average molecular weight is 653 g/mol. The first-order valence-corrected chi connectivity index (χ1v) is 15.7. The van der Waals surface area contributed by atoms with Crippen LogP contribution in [-0.2, 0) is 38.2 Å². The largest absolute Gasteiger partial charge is 0.464 e. The normalized spacial score (nSPS) is 11.8. The van der Waals surface area contributed by atoms with Crippen molar-refractivity contribution >= 4 is 35.8 Å². The fourth-order valence-corrected chi connectivity index (χ4v) is 4.67. The Balaban J connectivity index is 1.37. The second kappa shape index (κ2) is 18.3. The number of hydrogen-bond acceptors (Lipinski definition) is 9. The van der Waals surface area contributed by atoms with Crippen LogP contribution in [0.3, 0.4) is 0 Å². The molecule has 0 fully saturated rings. The van der Waals surface area contributed by atoms with E-state index in [2.05, 4.69) is 21.3 Å². The van der Waals surface area contributed by atoms with Crippen LogP contribution in [0.4, 0.5) is 4.79 Å². The minimum Gasteiger partial charge on any atom is -0.464 e. The minimum atomic E-state index is -1.69. The number of esters is 2. The Morgan fingerprint density at radius 2 is 1.06 bits per heavy atom. The standard InChI is InChI=1S/C34H44N4O9/c1-21(2)13-15-45-32(42)31(33(43)46-16-14-22(3)4)38-30(41)19-36-28(39)17-35-29(40)18-37-34(44)47-20-27-25-11-7-5-9-23(25)24-10-6-8-12-26(24)27/h5-12,21-22,27,31H,13-20H2,1-4H3,(H,35,40)(H,36,39)(H,37,44)(H,38,41). The summed E-state index contributed by atoms with van der Waals surface area (Å²) in [6.45, 7) is 6.47. The van der Waals surface area contributed by atoms with Gasteiger partial charge in [0.1, 0.15) is 13.2 Å². The molecule has 0 aliphatic heterocycles. The van der Waals surface area contributed by atoms with Gasteiger partial charge in [0, 0.05) is 5.92 Å². The Morgan fingerprint density at radius 1 is 0.617 bits per heavy atom. The van der Waals surface area contributed by atoms with Crippen LogP contribution in [0.5, 0.6) is 0 Å². The first-order chi connectivity index (χ1) is 22.5. The number of hydrogen-bond donors (Lipinski definition) is 4. The van der Waals surface area contributed by atoms with E-state index in [9.17, 15) is 28.8 Å². The van der Waals surface area contributed by atoms with E-state index >= 15 is 0 Å². The number of amides is 4. The van der Waals surface area contributed by atoms with Crippen molar-refractivity contribution in [1.82, 2.24) is 21.3 Å². The maximum absolute atomic E-state index is 12.5. The third-order valence-electron chi connectivity index (χ3n) is 7.28. The molecule has 254 valence electrons. The van der Waals surface area contributed by atoms with Gasteiger partial charge in [-0.1, -0.05) is 76.2 Å². The topological polar surface area (TPSA) is 178 Å². The zero-order valence-electron chi connectivity index (χ0n) is 27.3. The van der Waals surface area contributed by atoms with E-state index in [4.69, 9.17) is 14.2 Å². The van der Waals surface area contributed by atoms with Crippen molar-refractivity contribution < 1.29 is 43.0 Å². The summed E-state index contributed by atoms with van der Waals surface area (Å²) in [5.74, 6) is -3.76. The van der Waals surface area contributed by atoms with E-state index in [0.717, 1.165) is 22.3 Å². The second-order valence-electron chi connectivity index (χ2n) is 11.9. The lowest BCUT2D eigenvalue weighted by atomic mass is 9.98. The van der Waals surface area contributed by atoms with Crippen LogP contribution in [0.2, 0.25) is 0 Å². The molecule has 3 rings (SSSR count). The highest BCUT2D eigenvalue weighted by Gasteiger charge is 2.32. The van der Waals surface area contributed by atoms with Crippen molar-refractivity contribution in [2.24, 2.45) is 11.8 Å². The fourth-order valence-electron chi connectivity index (χ4n) is 4.67. The Bertz CT molecular complexity index is 1350. The van der Waals surface area contributed by atoms with Gasteiger partial charge in [0.25, 0.3) is 0 Å². The first-order valence-electron chi connectivity index (χ1n) is 15.7. The number of rotatable bonds is 17. The van der Waals surface area contributed by atoms with E-state index < -0.39 is 61.4 Å². The highest BCUT2D eigenvalue weighted by Crippen LogP contribution is 2.44. The Morgan fingerprint density at radius 3 is 1.55 bits per heavy atom. The Hall–Kier alpha value is -4.94. The van der Waals surface area contributed by atoms with Crippen molar-refractivity contribution in [3.8, 4) is 11.1 Å². The molecule has 0 bridgehead atoms. The predicted octanol–water partition coefficient (Wildman–Crippen LogP) is 2.42. The van der Waals surface area contributed by atoms with E-state index in [1.54, 1.807) is 0 Å². The summed E-state index contributed by atoms with van der Waals surface area (Å²) in [7, 11) is 0. The molecule has 0 atom stereocenters. The molecule has 13 nitrogen and oxygen atoms in total. The van der Waals surface area contributed by atoms with E-state index in [1.165, 1.54) is 0 Å². The smallest absolute Gasteiger partial charge is 0.407 e. The number of fused-ring (bicyclic) bond motifs is 3. The van der Waals surface area contributed by atoms with Crippen molar-refractivity contribution in [2.45, 2.75) is 52.5 Å². The summed E-state index contributed by atoms with van der Waals surface area (Å²) in [5.41, 5.74) is 4.28. The summed E-state index contributed by atoms with van der Waals surface area (Å²) in [6, 6.07) is 14.1. The summed E-state index contributed by atoms with van der Waals surface area (Å²) in [4.78, 5) is 74.2. The van der Waals surface area contributed by atoms with Crippen molar-refractivity contribution in [1.29, 1.82) is 0 Å². The summed E-state index contributed by atoms with van der Waals surface area (Å²) < 4.78 is 15.7. The van der Waals surface area contributed by atoms with Crippen LogP contribution in [0.1, 0.15) is 57.6 Å². The number of carbonyl (C=O) groups excluding carboxylic acids is 6. The molecular weight excluding hydrogens is 608 g/mol. The van der Waals surface area contributed by atoms with Gasteiger partial charge in [0.15, 0.2) is 0 Å². The zero-order valence-corrected chi connectivity index (χ0v) is 27.3. The van der Waals surface area contributed by atoms with Crippen LogP contribution in [0.25, 0.3) is 11.1 Å². The van der Waals surface area contributed by atoms with Crippen LogP contribution in [-0.4, -0.2) is 81.3 Å². The number of alkyl carbamates (subject to hydrolysis) is 1. The highest BCUT2D eigenvalue weighted by molar-refractivity contribution is 6.03. The summed E-state index contributed by atoms with van der Waals surface area (Å²) in [6.07, 6.45) is 0.346. The fraction of sp³-hybridized carbons (Fsp3) is 0.471. The second-order valence-corrected chi connectivity index (χ2v) is 11.9. The van der Waals surface area contributed by atoms with Gasteiger partial charge >= 0.3 is 18.0 Å². The molecular formula is C34H44N4O9. The molecule has 1 aliphatic carbocycles. The van der Waals surface area contributed by atoms with Gasteiger partial charge in [-0.2, -0.15) is 0 Å². The van der Waals surface area contributed by atoms with Crippen LogP contribution in [0, 0.1) is 11.8 Å². The molecule has 2 aromatic carbocycles. The SMILES string of the molecule is CC(C)CCOC(=O)C(NC(=O)CNC(=O)CNC(=O)CNC(=O)OCC1c2ccccc2-c2ccccc21)C(=O)OCCC(C)C. The quantitative estimate of drug-likeness (QED) is 0.114. The molecule has 0 unspecified atom stereocenters. The highest BCUT2D eigenvalue weighted by atomic mass is 16.6. The number of ether oxygens (including phenoxy) is 3. The van der Waals surface area contributed by atoms with Gasteiger partial charge in [0.2, 0.25) is 23.8 Å². The molecule has 4 N–H and O–H groups in total. The van der Waals surface area contributed by atoms with Crippen LogP contribution >= 0.6 is 0 Å². The van der Waals surface area contributed by atoms with Crippen molar-refractivity contribution in [2.75, 3.05) is 39.5 Å². The van der Waals surface area contributed by atoms with Crippen LogP contribution in [0.15, 0.2) is 48.5 Å². The maximum Gasteiger partial charge on any atom is 0.407 e. The van der Waals surface area contributed by atoms with Gasteiger partial charge in [-0.3, -0.25) is 14.4 Å². The Labute approximate surface area is 274 Å². The molecule has 0 saturated carbocycles. The van der Waals surface area contributed by atoms with Gasteiger partial charge < -0.3 is 35.5 Å². The Kier molecular flexibility index (Phi) is 14.2. The molecule has 1 aliphatic rings. The predicted molar refractivity (Wildman–Crippen MR) is 172 cm³/mol. The minimum absolute atomic E-state index is 0.0642. The van der Waals surface area contributed by atoms with E-state index in [1.807, 2.05) is 76.2 Å². The molecule has 47 heavy (non-hydrogen) atoms. The third-order valence-corrected chi connectivity index (χ3v) is 7.28. The van der Waals surface area contributed by atoms with Gasteiger partial charge in [-0.05, 0) is 46.9 Å². The molecule has 4 amide bonds. The van der Waals surface area contributed by atoms with Gasteiger partial charge in [0.05, 0.1) is 26.3 Å². The summed E-state index contributed by atoms with van der Waals surface area (Å²) >= 11 is 0. The van der Waals surface area contributed by atoms with Gasteiger partial charge in [-0.25, -0.2) is 14.4 Å². The number of carbonyl (C=O) groups is 6. The van der Waals surface area contributed by atoms with E-state index in [-0.39, 0.29) is 37.6 Å². The lowest BCUT2D eigenvalue weighted by Gasteiger charge is -2.18. The molecule has 0 spiro atoms.